The topological polar surface area (TPSA) is 59.8 Å². The van der Waals surface area contributed by atoms with Crippen molar-refractivity contribution >= 4 is 17.7 Å². The monoisotopic (exact) mass is 344 g/mol. The van der Waals surface area contributed by atoms with Gasteiger partial charge in [-0.15, -0.1) is 5.10 Å². The molecule has 1 aromatic heterocycles. The van der Waals surface area contributed by atoms with Crippen molar-refractivity contribution < 1.29 is 4.79 Å². The molecule has 6 heteroatoms. The number of nitrogens with one attached hydrogen (secondary N) is 1. The zero-order valence-corrected chi connectivity index (χ0v) is 15.1. The Hall–Kier alpha value is -1.82. The molecule has 0 saturated heterocycles. The number of aromatic nitrogens is 3. The van der Waals surface area contributed by atoms with E-state index in [-0.39, 0.29) is 11.9 Å². The Morgan fingerprint density at radius 3 is 2.79 bits per heavy atom. The molecule has 24 heavy (non-hydrogen) atoms. The van der Waals surface area contributed by atoms with Crippen LogP contribution in [0.25, 0.3) is 5.69 Å². The first-order valence-corrected chi connectivity index (χ1v) is 9.60. The van der Waals surface area contributed by atoms with Crippen LogP contribution in [-0.2, 0) is 4.79 Å². The van der Waals surface area contributed by atoms with Gasteiger partial charge in [-0.25, -0.2) is 9.67 Å². The number of hydrogen-bond donors (Lipinski definition) is 1. The minimum atomic E-state index is 0.0463. The molecule has 1 aromatic carbocycles. The predicted molar refractivity (Wildman–Crippen MR) is 96.6 cm³/mol. The maximum absolute atomic E-state index is 12.0. The summed E-state index contributed by atoms with van der Waals surface area (Å²) < 4.78 is 1.93. The lowest BCUT2D eigenvalue weighted by Crippen LogP contribution is -2.33. The summed E-state index contributed by atoms with van der Waals surface area (Å²) in [4.78, 5) is 16.7. The lowest BCUT2D eigenvalue weighted by molar-refractivity contribution is -0.119. The summed E-state index contributed by atoms with van der Waals surface area (Å²) in [6, 6.07) is 10.3. The van der Waals surface area contributed by atoms with Crippen molar-refractivity contribution in [1.29, 1.82) is 0 Å². The number of hydrogen-bond acceptors (Lipinski definition) is 4. The molecule has 0 aliphatic heterocycles. The standard InChI is InChI=1S/C18H24N4OS/c1-3-7-13(2)19-16(23)12-24-18-20-17(14-10-11-14)22(21-18)15-8-5-4-6-9-15/h4-6,8-9,13-14H,3,7,10-12H2,1-2H3,(H,19,23). The van der Waals surface area contributed by atoms with Gasteiger partial charge in [0.15, 0.2) is 0 Å². The fraction of sp³-hybridized carbons (Fsp3) is 0.500. The van der Waals surface area contributed by atoms with E-state index in [4.69, 9.17) is 0 Å². The Balaban J connectivity index is 1.65. The summed E-state index contributed by atoms with van der Waals surface area (Å²) >= 11 is 1.41. The molecule has 1 saturated carbocycles. The Morgan fingerprint density at radius 2 is 2.12 bits per heavy atom. The zero-order valence-electron chi connectivity index (χ0n) is 14.2. The number of amides is 1. The van der Waals surface area contributed by atoms with Gasteiger partial charge in [0.2, 0.25) is 11.1 Å². The third-order valence-electron chi connectivity index (χ3n) is 4.02. The van der Waals surface area contributed by atoms with Crippen LogP contribution in [0.2, 0.25) is 0 Å². The molecule has 128 valence electrons. The van der Waals surface area contributed by atoms with Gasteiger partial charge in [-0.3, -0.25) is 4.79 Å². The molecular weight excluding hydrogens is 320 g/mol. The van der Waals surface area contributed by atoms with Gasteiger partial charge in [0.1, 0.15) is 5.82 Å². The molecule has 1 heterocycles. The van der Waals surface area contributed by atoms with Gasteiger partial charge < -0.3 is 5.32 Å². The quantitative estimate of drug-likeness (QED) is 0.744. The summed E-state index contributed by atoms with van der Waals surface area (Å²) in [5.41, 5.74) is 1.03. The molecule has 1 amide bonds. The normalized spacial score (nSPS) is 15.2. The third kappa shape index (κ3) is 4.38. The highest BCUT2D eigenvalue weighted by molar-refractivity contribution is 7.99. The van der Waals surface area contributed by atoms with Crippen molar-refractivity contribution in [3.63, 3.8) is 0 Å². The van der Waals surface area contributed by atoms with Crippen molar-refractivity contribution in [2.75, 3.05) is 5.75 Å². The molecule has 5 nitrogen and oxygen atoms in total. The molecule has 0 spiro atoms. The molecule has 2 aromatic rings. The van der Waals surface area contributed by atoms with Crippen molar-refractivity contribution in [3.05, 3.63) is 36.2 Å². The zero-order chi connectivity index (χ0) is 16.9. The number of rotatable bonds is 8. The summed E-state index contributed by atoms with van der Waals surface area (Å²) in [7, 11) is 0. The molecule has 1 atom stereocenters. The SMILES string of the molecule is CCCC(C)NC(=O)CSc1nc(C2CC2)n(-c2ccccc2)n1. The predicted octanol–water partition coefficient (Wildman–Crippen LogP) is 3.54. The van der Waals surface area contributed by atoms with Crippen LogP contribution in [0.3, 0.4) is 0 Å². The Bertz CT molecular complexity index is 682. The maximum Gasteiger partial charge on any atom is 0.230 e. The molecule has 1 aliphatic rings. The maximum atomic E-state index is 12.0. The van der Waals surface area contributed by atoms with Crippen LogP contribution in [0, 0.1) is 0 Å². The van der Waals surface area contributed by atoms with Crippen LogP contribution in [0.5, 0.6) is 0 Å². The van der Waals surface area contributed by atoms with E-state index in [1.807, 2.05) is 41.9 Å². The third-order valence-corrected chi connectivity index (χ3v) is 4.86. The van der Waals surface area contributed by atoms with Crippen molar-refractivity contribution in [2.24, 2.45) is 0 Å². The van der Waals surface area contributed by atoms with Gasteiger partial charge in [0.25, 0.3) is 0 Å². The van der Waals surface area contributed by atoms with E-state index in [9.17, 15) is 4.79 Å². The van der Waals surface area contributed by atoms with Gasteiger partial charge in [0.05, 0.1) is 11.4 Å². The minimum absolute atomic E-state index is 0.0463. The van der Waals surface area contributed by atoms with Gasteiger partial charge >= 0.3 is 0 Å². The number of para-hydroxylation sites is 1. The number of carbonyl (C=O) groups is 1. The lowest BCUT2D eigenvalue weighted by atomic mass is 10.2. The van der Waals surface area contributed by atoms with Crippen LogP contribution in [0.1, 0.15) is 51.3 Å². The Labute approximate surface area is 147 Å². The van der Waals surface area contributed by atoms with Crippen LogP contribution >= 0.6 is 11.8 Å². The highest BCUT2D eigenvalue weighted by Crippen LogP contribution is 2.40. The second-order valence-electron chi connectivity index (χ2n) is 6.32. The van der Waals surface area contributed by atoms with E-state index in [1.165, 1.54) is 24.6 Å². The minimum Gasteiger partial charge on any atom is -0.353 e. The molecule has 3 rings (SSSR count). The number of thioether (sulfide) groups is 1. The Morgan fingerprint density at radius 1 is 1.38 bits per heavy atom. The van der Waals surface area contributed by atoms with Crippen LogP contribution in [-0.4, -0.2) is 32.5 Å². The largest absolute Gasteiger partial charge is 0.353 e. The molecular formula is C18H24N4OS. The van der Waals surface area contributed by atoms with E-state index in [0.717, 1.165) is 24.4 Å². The van der Waals surface area contributed by atoms with Crippen LogP contribution in [0.4, 0.5) is 0 Å². The van der Waals surface area contributed by atoms with E-state index >= 15 is 0 Å². The first-order chi connectivity index (χ1) is 11.7. The molecule has 1 aliphatic carbocycles. The van der Waals surface area contributed by atoms with E-state index in [0.29, 0.717) is 16.8 Å². The first kappa shape index (κ1) is 17.0. The molecule has 1 unspecified atom stereocenters. The van der Waals surface area contributed by atoms with Crippen LogP contribution in [0.15, 0.2) is 35.5 Å². The fourth-order valence-electron chi connectivity index (χ4n) is 2.68. The van der Waals surface area contributed by atoms with Gasteiger partial charge in [-0.2, -0.15) is 0 Å². The second-order valence-corrected chi connectivity index (χ2v) is 7.26. The average Bonchev–Trinajstić information content (AvgIpc) is 3.33. The van der Waals surface area contributed by atoms with E-state index in [2.05, 4.69) is 22.3 Å². The van der Waals surface area contributed by atoms with Gasteiger partial charge in [0, 0.05) is 12.0 Å². The average molecular weight is 344 g/mol. The molecule has 1 N–H and O–H groups in total. The van der Waals surface area contributed by atoms with Crippen LogP contribution < -0.4 is 5.32 Å². The van der Waals surface area contributed by atoms with E-state index < -0.39 is 0 Å². The number of carbonyl (C=O) groups excluding carboxylic acids is 1. The first-order valence-electron chi connectivity index (χ1n) is 8.62. The lowest BCUT2D eigenvalue weighted by Gasteiger charge is -2.11. The van der Waals surface area contributed by atoms with Crippen molar-refractivity contribution in [2.45, 2.75) is 56.6 Å². The smallest absolute Gasteiger partial charge is 0.230 e. The fourth-order valence-corrected chi connectivity index (χ4v) is 3.32. The highest BCUT2D eigenvalue weighted by Gasteiger charge is 2.30. The van der Waals surface area contributed by atoms with Gasteiger partial charge in [-0.1, -0.05) is 43.3 Å². The number of benzene rings is 1. The van der Waals surface area contributed by atoms with E-state index in [1.54, 1.807) is 0 Å². The molecule has 1 fully saturated rings. The summed E-state index contributed by atoms with van der Waals surface area (Å²) in [5.74, 6) is 1.93. The molecule has 0 bridgehead atoms. The Kier molecular flexibility index (Phi) is 5.56. The van der Waals surface area contributed by atoms with Gasteiger partial charge in [-0.05, 0) is 38.3 Å². The van der Waals surface area contributed by atoms with Crippen molar-refractivity contribution in [3.8, 4) is 5.69 Å². The molecule has 0 radical (unpaired) electrons. The summed E-state index contributed by atoms with van der Waals surface area (Å²) in [6.07, 6.45) is 4.42. The van der Waals surface area contributed by atoms with Crippen molar-refractivity contribution in [1.82, 2.24) is 20.1 Å². The summed E-state index contributed by atoms with van der Waals surface area (Å²) in [5, 5.41) is 8.31. The number of nitrogens with zero attached hydrogens (tertiary/aromatic N) is 3. The summed E-state index contributed by atoms with van der Waals surface area (Å²) in [6.45, 7) is 4.16. The highest BCUT2D eigenvalue weighted by atomic mass is 32.2. The second kappa shape index (κ2) is 7.83.